The lowest BCUT2D eigenvalue weighted by molar-refractivity contribution is 0.496. The van der Waals surface area contributed by atoms with Gasteiger partial charge in [0.15, 0.2) is 0 Å². The average molecular weight is 379 g/mol. The largest absolute Gasteiger partial charge is 0.0683 e. The molecule has 1 unspecified atom stereocenters. The van der Waals surface area contributed by atoms with E-state index < -0.39 is 0 Å². The number of hydrogen-bond acceptors (Lipinski definition) is 0. The van der Waals surface area contributed by atoms with E-state index in [-0.39, 0.29) is 0 Å². The highest BCUT2D eigenvalue weighted by Crippen LogP contribution is 2.37. The summed E-state index contributed by atoms with van der Waals surface area (Å²) < 4.78 is 0. The Labute approximate surface area is 175 Å². The van der Waals surface area contributed by atoms with Crippen LogP contribution >= 0.6 is 0 Å². The second kappa shape index (κ2) is 12.6. The third-order valence-corrected chi connectivity index (χ3v) is 5.52. The van der Waals surface area contributed by atoms with Crippen LogP contribution < -0.4 is 0 Å². The summed E-state index contributed by atoms with van der Waals surface area (Å²) in [4.78, 5) is 0. The maximum atomic E-state index is 2.33. The third kappa shape index (κ3) is 6.36. The van der Waals surface area contributed by atoms with Crippen molar-refractivity contribution in [3.05, 3.63) is 76.4 Å². The summed E-state index contributed by atoms with van der Waals surface area (Å²) in [7, 11) is 0. The van der Waals surface area contributed by atoms with Gasteiger partial charge < -0.3 is 0 Å². The van der Waals surface area contributed by atoms with E-state index in [1.54, 1.807) is 16.7 Å². The van der Waals surface area contributed by atoms with Crippen molar-refractivity contribution in [2.45, 2.75) is 80.6 Å². The van der Waals surface area contributed by atoms with Crippen molar-refractivity contribution in [2.24, 2.45) is 11.8 Å². The van der Waals surface area contributed by atoms with Gasteiger partial charge in [-0.05, 0) is 59.3 Å². The van der Waals surface area contributed by atoms with Gasteiger partial charge in [-0.1, -0.05) is 116 Å². The molecule has 0 heteroatoms. The molecule has 2 aliphatic rings. The van der Waals surface area contributed by atoms with Crippen LogP contribution in [0.2, 0.25) is 0 Å². The quantitative estimate of drug-likeness (QED) is 0.490. The first-order chi connectivity index (χ1) is 13.6. The van der Waals surface area contributed by atoms with E-state index in [0.717, 1.165) is 18.3 Å². The Morgan fingerprint density at radius 2 is 1.32 bits per heavy atom. The first-order valence-electron chi connectivity index (χ1n) is 11.4. The summed E-state index contributed by atoms with van der Waals surface area (Å²) in [5.41, 5.74) is 7.65. The van der Waals surface area contributed by atoms with Gasteiger partial charge in [-0.25, -0.2) is 0 Å². The number of hydrogen-bond donors (Lipinski definition) is 0. The molecule has 0 aliphatic heterocycles. The Balaban J connectivity index is 0.000000238. The monoisotopic (exact) mass is 378 g/mol. The summed E-state index contributed by atoms with van der Waals surface area (Å²) in [6.07, 6.45) is 6.14. The molecule has 0 N–H and O–H groups in total. The Morgan fingerprint density at radius 1 is 0.750 bits per heavy atom. The predicted molar refractivity (Wildman–Crippen MR) is 128 cm³/mol. The fourth-order valence-electron chi connectivity index (χ4n) is 3.96. The summed E-state index contributed by atoms with van der Waals surface area (Å²) >= 11 is 0. The smallest absolute Gasteiger partial charge is 0.00553 e. The molecule has 0 heterocycles. The second-order valence-electron chi connectivity index (χ2n) is 7.84. The van der Waals surface area contributed by atoms with Crippen molar-refractivity contribution < 1.29 is 0 Å². The summed E-state index contributed by atoms with van der Waals surface area (Å²) in [6.45, 7) is 17.2. The zero-order chi connectivity index (χ0) is 21.1. The predicted octanol–water partition coefficient (Wildman–Crippen LogP) is 8.71. The Morgan fingerprint density at radius 3 is 1.89 bits per heavy atom. The van der Waals surface area contributed by atoms with E-state index >= 15 is 0 Å². The minimum absolute atomic E-state index is 0.692. The number of rotatable bonds is 2. The molecule has 2 aromatic rings. The van der Waals surface area contributed by atoms with Gasteiger partial charge in [0, 0.05) is 0 Å². The molecule has 0 amide bonds. The first kappa shape index (κ1) is 24.2. The summed E-state index contributed by atoms with van der Waals surface area (Å²) in [5.74, 6) is 2.31. The molecule has 0 spiro atoms. The van der Waals surface area contributed by atoms with Crippen LogP contribution in [-0.4, -0.2) is 0 Å². The van der Waals surface area contributed by atoms with Crippen LogP contribution in [0, 0.1) is 11.8 Å². The normalized spacial score (nSPS) is 15.9. The topological polar surface area (TPSA) is 0 Å². The van der Waals surface area contributed by atoms with Crippen LogP contribution in [0.5, 0.6) is 0 Å². The Kier molecular flexibility index (Phi) is 10.9. The molecule has 0 bridgehead atoms. The van der Waals surface area contributed by atoms with Gasteiger partial charge in [0.25, 0.3) is 0 Å². The van der Waals surface area contributed by atoms with Crippen LogP contribution in [-0.2, 0) is 12.8 Å². The van der Waals surface area contributed by atoms with Gasteiger partial charge in [-0.15, -0.1) is 0 Å². The zero-order valence-electron chi connectivity index (χ0n) is 19.5. The van der Waals surface area contributed by atoms with Gasteiger partial charge in [0.05, 0.1) is 0 Å². The van der Waals surface area contributed by atoms with Crippen molar-refractivity contribution in [3.8, 4) is 0 Å². The lowest BCUT2D eigenvalue weighted by Crippen LogP contribution is -2.01. The Bertz CT molecular complexity index is 718. The second-order valence-corrected chi connectivity index (χ2v) is 7.84. The van der Waals surface area contributed by atoms with Crippen LogP contribution in [0.3, 0.4) is 0 Å². The van der Waals surface area contributed by atoms with E-state index in [4.69, 9.17) is 0 Å². The zero-order valence-corrected chi connectivity index (χ0v) is 19.5. The lowest BCUT2D eigenvalue weighted by atomic mass is 9.90. The first-order valence-corrected chi connectivity index (χ1v) is 11.4. The summed E-state index contributed by atoms with van der Waals surface area (Å²) in [6, 6.07) is 17.5. The maximum Gasteiger partial charge on any atom is -0.00553 e. The molecule has 154 valence electrons. The number of aryl methyl sites for hydroxylation is 1. The van der Waals surface area contributed by atoms with Crippen molar-refractivity contribution in [3.63, 3.8) is 0 Å². The summed E-state index contributed by atoms with van der Waals surface area (Å²) in [5, 5.41) is 0. The molecular weight excluding hydrogens is 336 g/mol. The molecule has 0 saturated carbocycles. The highest BCUT2D eigenvalue weighted by molar-refractivity contribution is 5.63. The molecule has 0 fully saturated rings. The van der Waals surface area contributed by atoms with Gasteiger partial charge in [-0.2, -0.15) is 0 Å². The number of benzene rings is 2. The molecule has 2 aromatic carbocycles. The van der Waals surface area contributed by atoms with Crippen LogP contribution in [0.15, 0.2) is 54.1 Å². The third-order valence-electron chi connectivity index (χ3n) is 5.52. The highest BCUT2D eigenvalue weighted by atomic mass is 14.3. The molecule has 2 aliphatic carbocycles. The standard InChI is InChI=1S/C12H14.C12H16.2C2H6/c1-9(2)12-7-10-5-3-4-6-11(10)8-12;1-9(2)11-8-7-10-5-3-4-6-12(10)11;2*1-2/h3-7,9H,8H2,1-2H3;3-6,9,11H,7-8H2,1-2H3;2*1-2H3. The van der Waals surface area contributed by atoms with E-state index in [9.17, 15) is 0 Å². The average Bonchev–Trinajstić information content (AvgIpc) is 3.36. The van der Waals surface area contributed by atoms with Gasteiger partial charge in [0.2, 0.25) is 0 Å². The van der Waals surface area contributed by atoms with E-state index in [1.165, 1.54) is 24.0 Å². The molecule has 4 rings (SSSR count). The van der Waals surface area contributed by atoms with Crippen molar-refractivity contribution in [1.29, 1.82) is 0 Å². The number of allylic oxidation sites excluding steroid dienone is 1. The van der Waals surface area contributed by atoms with Gasteiger partial charge >= 0.3 is 0 Å². The Hall–Kier alpha value is -1.82. The van der Waals surface area contributed by atoms with Crippen molar-refractivity contribution in [2.75, 3.05) is 0 Å². The van der Waals surface area contributed by atoms with Crippen LogP contribution in [0.4, 0.5) is 0 Å². The van der Waals surface area contributed by atoms with Gasteiger partial charge in [0.1, 0.15) is 0 Å². The molecular formula is C28H42. The lowest BCUT2D eigenvalue weighted by Gasteiger charge is -2.14. The van der Waals surface area contributed by atoms with Crippen LogP contribution in [0.25, 0.3) is 6.08 Å². The van der Waals surface area contributed by atoms with E-state index in [0.29, 0.717) is 5.92 Å². The minimum Gasteiger partial charge on any atom is -0.0683 e. The molecule has 0 saturated heterocycles. The minimum atomic E-state index is 0.692. The fraction of sp³-hybridized carbons (Fsp3) is 0.500. The van der Waals surface area contributed by atoms with Crippen molar-refractivity contribution >= 4 is 6.08 Å². The van der Waals surface area contributed by atoms with E-state index in [1.807, 2.05) is 27.7 Å². The fourth-order valence-corrected chi connectivity index (χ4v) is 3.96. The van der Waals surface area contributed by atoms with E-state index in [2.05, 4.69) is 82.3 Å². The molecule has 1 atom stereocenters. The molecule has 0 radical (unpaired) electrons. The van der Waals surface area contributed by atoms with Gasteiger partial charge in [-0.3, -0.25) is 0 Å². The highest BCUT2D eigenvalue weighted by Gasteiger charge is 2.23. The maximum absolute atomic E-state index is 2.33. The molecule has 28 heavy (non-hydrogen) atoms. The molecule has 0 nitrogen and oxygen atoms in total. The van der Waals surface area contributed by atoms with Crippen LogP contribution in [0.1, 0.15) is 90.0 Å². The SMILES string of the molecule is CC.CC.CC(C)C1=Cc2ccccc2C1.CC(C)C1CCc2ccccc21. The number of fused-ring (bicyclic) bond motifs is 2. The molecule has 0 aromatic heterocycles. The van der Waals surface area contributed by atoms with Crippen molar-refractivity contribution in [1.82, 2.24) is 0 Å².